The molecule has 0 aliphatic heterocycles. The summed E-state index contributed by atoms with van der Waals surface area (Å²) >= 11 is 0. The number of aromatic nitrogens is 2. The van der Waals surface area contributed by atoms with E-state index in [0.29, 0.717) is 17.3 Å². The number of nitrogens with zero attached hydrogens (tertiary/aromatic N) is 2. The molecule has 0 bridgehead atoms. The largest absolute Gasteiger partial charge is 0.457 e. The summed E-state index contributed by atoms with van der Waals surface area (Å²) in [5, 5.41) is 0. The van der Waals surface area contributed by atoms with Gasteiger partial charge in [0.1, 0.15) is 23.6 Å². The van der Waals surface area contributed by atoms with E-state index >= 15 is 0 Å². The van der Waals surface area contributed by atoms with Gasteiger partial charge in [-0.1, -0.05) is 30.3 Å². The number of ether oxygens (including phenoxy) is 2. The van der Waals surface area contributed by atoms with Gasteiger partial charge in [-0.3, -0.25) is 0 Å². The van der Waals surface area contributed by atoms with Crippen molar-refractivity contribution in [2.75, 3.05) is 5.73 Å². The van der Waals surface area contributed by atoms with E-state index in [1.165, 1.54) is 6.33 Å². The quantitative estimate of drug-likeness (QED) is 0.491. The fraction of sp³-hybridized carbons (Fsp3) is 0. The summed E-state index contributed by atoms with van der Waals surface area (Å²) in [5.74, 6) is 2.68. The first-order valence-corrected chi connectivity index (χ1v) is 8.45. The number of anilines is 1. The van der Waals surface area contributed by atoms with Gasteiger partial charge in [0.25, 0.3) is 0 Å². The van der Waals surface area contributed by atoms with Gasteiger partial charge < -0.3 is 15.2 Å². The number of benzene rings is 3. The van der Waals surface area contributed by atoms with Crippen LogP contribution >= 0.6 is 0 Å². The lowest BCUT2D eigenvalue weighted by atomic mass is 10.1. The van der Waals surface area contributed by atoms with Gasteiger partial charge >= 0.3 is 0 Å². The van der Waals surface area contributed by atoms with Crippen LogP contribution in [0, 0.1) is 0 Å². The summed E-state index contributed by atoms with van der Waals surface area (Å²) < 4.78 is 11.7. The van der Waals surface area contributed by atoms with Crippen molar-refractivity contribution in [2.24, 2.45) is 0 Å². The van der Waals surface area contributed by atoms with Crippen LogP contribution in [-0.2, 0) is 0 Å². The maximum Gasteiger partial charge on any atom is 0.230 e. The van der Waals surface area contributed by atoms with E-state index in [1.807, 2.05) is 54.6 Å². The smallest absolute Gasteiger partial charge is 0.230 e. The van der Waals surface area contributed by atoms with Gasteiger partial charge in [-0.25, -0.2) is 9.97 Å². The zero-order valence-electron chi connectivity index (χ0n) is 14.4. The molecular weight excluding hydrogens is 338 g/mol. The average Bonchev–Trinajstić information content (AvgIpc) is 2.72. The molecular formula is C22H17N3O2. The van der Waals surface area contributed by atoms with Crippen molar-refractivity contribution in [3.8, 4) is 34.3 Å². The van der Waals surface area contributed by atoms with Crippen LogP contribution in [0.25, 0.3) is 11.1 Å². The zero-order chi connectivity index (χ0) is 18.5. The number of rotatable bonds is 5. The molecule has 2 N–H and O–H groups in total. The highest BCUT2D eigenvalue weighted by atomic mass is 16.5. The van der Waals surface area contributed by atoms with E-state index < -0.39 is 0 Å². The maximum atomic E-state index is 5.91. The molecule has 1 aromatic heterocycles. The second kappa shape index (κ2) is 7.58. The first-order valence-electron chi connectivity index (χ1n) is 8.45. The van der Waals surface area contributed by atoms with Crippen molar-refractivity contribution in [2.45, 2.75) is 0 Å². The number of hydrogen-bond donors (Lipinski definition) is 1. The first kappa shape index (κ1) is 16.6. The van der Waals surface area contributed by atoms with Gasteiger partial charge in [0.2, 0.25) is 5.88 Å². The minimum absolute atomic E-state index is 0.478. The molecule has 0 unspecified atom stereocenters. The van der Waals surface area contributed by atoms with Crippen molar-refractivity contribution in [1.29, 1.82) is 0 Å². The predicted molar refractivity (Wildman–Crippen MR) is 105 cm³/mol. The van der Waals surface area contributed by atoms with Crippen molar-refractivity contribution < 1.29 is 9.47 Å². The third-order valence-electron chi connectivity index (χ3n) is 3.91. The molecule has 0 atom stereocenters. The van der Waals surface area contributed by atoms with Crippen LogP contribution in [0.5, 0.6) is 23.1 Å². The van der Waals surface area contributed by atoms with E-state index in [0.717, 1.165) is 22.6 Å². The SMILES string of the molecule is Nc1ccc(Oc2ncncc2-c2ccc(Oc3ccccc3)cc2)cc1. The van der Waals surface area contributed by atoms with Gasteiger partial charge in [0, 0.05) is 11.9 Å². The Balaban J connectivity index is 1.57. The summed E-state index contributed by atoms with van der Waals surface area (Å²) in [4.78, 5) is 8.39. The Labute approximate surface area is 157 Å². The molecule has 0 aliphatic rings. The van der Waals surface area contributed by atoms with Crippen molar-refractivity contribution in [3.63, 3.8) is 0 Å². The van der Waals surface area contributed by atoms with E-state index in [2.05, 4.69) is 9.97 Å². The normalized spacial score (nSPS) is 10.4. The topological polar surface area (TPSA) is 70.3 Å². The third kappa shape index (κ3) is 4.04. The molecule has 27 heavy (non-hydrogen) atoms. The Morgan fingerprint density at radius 1 is 0.667 bits per heavy atom. The van der Waals surface area contributed by atoms with Gasteiger partial charge in [-0.2, -0.15) is 0 Å². The average molecular weight is 355 g/mol. The fourth-order valence-corrected chi connectivity index (χ4v) is 2.57. The lowest BCUT2D eigenvalue weighted by Gasteiger charge is -2.11. The Morgan fingerprint density at radius 3 is 2.04 bits per heavy atom. The summed E-state index contributed by atoms with van der Waals surface area (Å²) in [6.07, 6.45) is 3.19. The van der Waals surface area contributed by atoms with Crippen LogP contribution in [0.3, 0.4) is 0 Å². The Bertz CT molecular complexity index is 1020. The fourth-order valence-electron chi connectivity index (χ4n) is 2.57. The lowest BCUT2D eigenvalue weighted by molar-refractivity contribution is 0.463. The molecule has 3 aromatic carbocycles. The minimum Gasteiger partial charge on any atom is -0.457 e. The molecule has 5 heteroatoms. The van der Waals surface area contributed by atoms with Crippen LogP contribution < -0.4 is 15.2 Å². The van der Waals surface area contributed by atoms with Crippen LogP contribution in [0.15, 0.2) is 91.4 Å². The van der Waals surface area contributed by atoms with Crippen LogP contribution in [-0.4, -0.2) is 9.97 Å². The minimum atomic E-state index is 0.478. The number of nitrogen functional groups attached to an aromatic ring is 1. The Kier molecular flexibility index (Phi) is 4.66. The third-order valence-corrected chi connectivity index (χ3v) is 3.91. The molecule has 0 saturated heterocycles. The molecule has 4 rings (SSSR count). The summed E-state index contributed by atoms with van der Waals surface area (Å²) in [7, 11) is 0. The van der Waals surface area contributed by atoms with Crippen molar-refractivity contribution >= 4 is 5.69 Å². The zero-order valence-corrected chi connectivity index (χ0v) is 14.4. The second-order valence-electron chi connectivity index (χ2n) is 5.85. The van der Waals surface area contributed by atoms with E-state index in [4.69, 9.17) is 15.2 Å². The van der Waals surface area contributed by atoms with E-state index in [-0.39, 0.29) is 0 Å². The van der Waals surface area contributed by atoms with E-state index in [9.17, 15) is 0 Å². The lowest BCUT2D eigenvalue weighted by Crippen LogP contribution is -1.93. The summed E-state index contributed by atoms with van der Waals surface area (Å²) in [5.41, 5.74) is 8.12. The number of hydrogen-bond acceptors (Lipinski definition) is 5. The maximum absolute atomic E-state index is 5.91. The van der Waals surface area contributed by atoms with Gasteiger partial charge in [-0.05, 0) is 54.1 Å². The van der Waals surface area contributed by atoms with Gasteiger partial charge in [0.05, 0.1) is 5.56 Å². The summed E-state index contributed by atoms with van der Waals surface area (Å²) in [6, 6.07) is 24.5. The Morgan fingerprint density at radius 2 is 1.30 bits per heavy atom. The van der Waals surface area contributed by atoms with E-state index in [1.54, 1.807) is 30.5 Å². The molecule has 0 saturated carbocycles. The number of nitrogens with two attached hydrogens (primary N) is 1. The molecule has 0 aliphatic carbocycles. The molecule has 0 amide bonds. The van der Waals surface area contributed by atoms with Gasteiger partial charge in [-0.15, -0.1) is 0 Å². The van der Waals surface area contributed by atoms with Crippen molar-refractivity contribution in [1.82, 2.24) is 9.97 Å². The van der Waals surface area contributed by atoms with Crippen LogP contribution in [0.1, 0.15) is 0 Å². The first-order chi connectivity index (χ1) is 13.3. The van der Waals surface area contributed by atoms with Crippen LogP contribution in [0.4, 0.5) is 5.69 Å². The van der Waals surface area contributed by atoms with Gasteiger partial charge in [0.15, 0.2) is 0 Å². The molecule has 0 fully saturated rings. The molecule has 5 nitrogen and oxygen atoms in total. The molecule has 0 spiro atoms. The predicted octanol–water partition coefficient (Wildman–Crippen LogP) is 5.31. The Hall–Kier alpha value is -3.86. The second-order valence-corrected chi connectivity index (χ2v) is 5.85. The molecule has 0 radical (unpaired) electrons. The standard InChI is InChI=1S/C22H17N3O2/c23-17-8-12-20(13-9-17)27-22-21(14-24-15-25-22)16-6-10-19(11-7-16)26-18-4-2-1-3-5-18/h1-15H,23H2. The highest BCUT2D eigenvalue weighted by molar-refractivity contribution is 5.68. The highest BCUT2D eigenvalue weighted by Crippen LogP contribution is 2.32. The molecule has 4 aromatic rings. The summed E-state index contributed by atoms with van der Waals surface area (Å²) in [6.45, 7) is 0. The molecule has 132 valence electrons. The highest BCUT2D eigenvalue weighted by Gasteiger charge is 2.10. The molecule has 1 heterocycles. The van der Waals surface area contributed by atoms with Crippen LogP contribution in [0.2, 0.25) is 0 Å². The number of para-hydroxylation sites is 1. The van der Waals surface area contributed by atoms with Crippen molar-refractivity contribution in [3.05, 3.63) is 91.4 Å². The monoisotopic (exact) mass is 355 g/mol.